The van der Waals surface area contributed by atoms with Gasteiger partial charge in [-0.2, -0.15) is 0 Å². The first kappa shape index (κ1) is 16.0. The smallest absolute Gasteiger partial charge is 0.237 e. The minimum atomic E-state index is -0.505. The quantitative estimate of drug-likeness (QED) is 0.890. The third kappa shape index (κ3) is 5.62. The lowest BCUT2D eigenvalue weighted by Gasteiger charge is -2.28. The lowest BCUT2D eigenvalue weighted by Crippen LogP contribution is -2.41. The van der Waals surface area contributed by atoms with E-state index in [1.54, 1.807) is 6.92 Å². The molecule has 0 saturated carbocycles. The Labute approximate surface area is 120 Å². The average molecular weight is 283 g/mol. The Morgan fingerprint density at radius 2 is 1.84 bits per heavy atom. The van der Waals surface area contributed by atoms with Crippen LogP contribution < -0.4 is 11.1 Å². The van der Waals surface area contributed by atoms with Crippen LogP contribution >= 0.6 is 11.6 Å². The Kier molecular flexibility index (Phi) is 5.39. The minimum absolute atomic E-state index is 0.0456. The van der Waals surface area contributed by atoms with Crippen molar-refractivity contribution < 1.29 is 4.79 Å². The van der Waals surface area contributed by atoms with Crippen molar-refractivity contribution in [2.75, 3.05) is 0 Å². The van der Waals surface area contributed by atoms with Crippen LogP contribution in [0.15, 0.2) is 24.3 Å². The number of carbonyl (C=O) groups excluding carboxylic acids is 1. The number of carbonyl (C=O) groups is 1. The molecule has 0 radical (unpaired) electrons. The van der Waals surface area contributed by atoms with Crippen molar-refractivity contribution in [3.63, 3.8) is 0 Å². The van der Waals surface area contributed by atoms with Crippen LogP contribution in [0.4, 0.5) is 0 Å². The number of rotatable bonds is 4. The molecule has 1 amide bonds. The first-order valence-electron chi connectivity index (χ1n) is 6.50. The molecule has 1 unspecified atom stereocenters. The van der Waals surface area contributed by atoms with Crippen LogP contribution in [0.25, 0.3) is 0 Å². The summed E-state index contributed by atoms with van der Waals surface area (Å²) in [6, 6.07) is 7.01. The van der Waals surface area contributed by atoms with Gasteiger partial charge in [0.15, 0.2) is 0 Å². The molecular formula is C15H23ClN2O. The molecule has 1 aromatic rings. The Morgan fingerprint density at radius 1 is 1.32 bits per heavy atom. The van der Waals surface area contributed by atoms with E-state index in [-0.39, 0.29) is 17.4 Å². The fourth-order valence-corrected chi connectivity index (χ4v) is 1.99. The van der Waals surface area contributed by atoms with E-state index in [1.165, 1.54) is 0 Å². The molecule has 0 aromatic heterocycles. The van der Waals surface area contributed by atoms with Crippen molar-refractivity contribution in [1.82, 2.24) is 5.32 Å². The summed E-state index contributed by atoms with van der Waals surface area (Å²) in [4.78, 5) is 11.8. The van der Waals surface area contributed by atoms with E-state index in [0.29, 0.717) is 5.02 Å². The molecule has 3 nitrogen and oxygen atoms in total. The van der Waals surface area contributed by atoms with Crippen molar-refractivity contribution in [2.24, 2.45) is 11.1 Å². The first-order chi connectivity index (χ1) is 8.69. The van der Waals surface area contributed by atoms with Crippen molar-refractivity contribution in [1.29, 1.82) is 0 Å². The number of nitrogens with two attached hydrogens (primary N) is 1. The summed E-state index contributed by atoms with van der Waals surface area (Å²) in [5.41, 5.74) is 6.77. The number of nitrogens with one attached hydrogen (secondary N) is 1. The zero-order valence-corrected chi connectivity index (χ0v) is 12.8. The predicted octanol–water partition coefficient (Wildman–Crippen LogP) is 3.28. The molecule has 0 bridgehead atoms. The van der Waals surface area contributed by atoms with E-state index < -0.39 is 6.04 Å². The van der Waals surface area contributed by atoms with Crippen LogP contribution in [0, 0.1) is 5.41 Å². The van der Waals surface area contributed by atoms with Crippen LogP contribution in [-0.2, 0) is 4.79 Å². The SMILES string of the molecule is C[C@@H](N)C(=O)NC(CC(C)(C)C)c1ccc(Cl)cc1. The van der Waals surface area contributed by atoms with Gasteiger partial charge in [-0.05, 0) is 36.5 Å². The molecule has 1 aromatic carbocycles. The van der Waals surface area contributed by atoms with Gasteiger partial charge in [-0.25, -0.2) is 0 Å². The van der Waals surface area contributed by atoms with Gasteiger partial charge in [-0.15, -0.1) is 0 Å². The maximum absolute atomic E-state index is 11.8. The van der Waals surface area contributed by atoms with E-state index in [1.807, 2.05) is 24.3 Å². The van der Waals surface area contributed by atoms with Crippen LogP contribution in [-0.4, -0.2) is 11.9 Å². The van der Waals surface area contributed by atoms with E-state index in [9.17, 15) is 4.79 Å². The van der Waals surface area contributed by atoms with Gasteiger partial charge in [0.05, 0.1) is 12.1 Å². The summed E-state index contributed by atoms with van der Waals surface area (Å²) in [5, 5.41) is 3.69. The topological polar surface area (TPSA) is 55.1 Å². The van der Waals surface area contributed by atoms with Gasteiger partial charge >= 0.3 is 0 Å². The average Bonchev–Trinajstić information content (AvgIpc) is 2.27. The second-order valence-corrected chi connectivity index (χ2v) is 6.60. The van der Waals surface area contributed by atoms with Gasteiger partial charge in [-0.3, -0.25) is 4.79 Å². The summed E-state index contributed by atoms with van der Waals surface area (Å²) in [6.45, 7) is 8.13. The van der Waals surface area contributed by atoms with Crippen molar-refractivity contribution in [2.45, 2.75) is 46.2 Å². The van der Waals surface area contributed by atoms with Gasteiger partial charge in [0.2, 0.25) is 5.91 Å². The second kappa shape index (κ2) is 6.40. The molecule has 2 atom stereocenters. The molecule has 106 valence electrons. The van der Waals surface area contributed by atoms with Crippen LogP contribution in [0.5, 0.6) is 0 Å². The summed E-state index contributed by atoms with van der Waals surface area (Å²) in [6.07, 6.45) is 0.840. The molecule has 4 heteroatoms. The van der Waals surface area contributed by atoms with Crippen molar-refractivity contribution in [3.05, 3.63) is 34.9 Å². The highest BCUT2D eigenvalue weighted by atomic mass is 35.5. The van der Waals surface area contributed by atoms with Crippen LogP contribution in [0.1, 0.15) is 45.7 Å². The molecule has 1 rings (SSSR count). The van der Waals surface area contributed by atoms with E-state index in [4.69, 9.17) is 17.3 Å². The summed E-state index contributed by atoms with van der Waals surface area (Å²) < 4.78 is 0. The zero-order chi connectivity index (χ0) is 14.6. The Hall–Kier alpha value is -1.06. The van der Waals surface area contributed by atoms with Gasteiger partial charge in [0.25, 0.3) is 0 Å². The predicted molar refractivity (Wildman–Crippen MR) is 80.1 cm³/mol. The van der Waals surface area contributed by atoms with E-state index in [2.05, 4.69) is 26.1 Å². The summed E-state index contributed by atoms with van der Waals surface area (Å²) in [5.74, 6) is -0.135. The Balaban J connectivity index is 2.92. The van der Waals surface area contributed by atoms with E-state index >= 15 is 0 Å². The third-order valence-corrected chi connectivity index (χ3v) is 3.07. The number of hydrogen-bond acceptors (Lipinski definition) is 2. The molecule has 0 aliphatic carbocycles. The Morgan fingerprint density at radius 3 is 2.26 bits per heavy atom. The highest BCUT2D eigenvalue weighted by molar-refractivity contribution is 6.30. The number of benzene rings is 1. The normalized spacial score (nSPS) is 14.8. The monoisotopic (exact) mass is 282 g/mol. The van der Waals surface area contributed by atoms with Gasteiger partial charge < -0.3 is 11.1 Å². The number of halogens is 1. The first-order valence-corrected chi connectivity index (χ1v) is 6.88. The standard InChI is InChI=1S/C15H23ClN2O/c1-10(17)14(19)18-13(9-15(2,3)4)11-5-7-12(16)8-6-11/h5-8,10,13H,9,17H2,1-4H3,(H,18,19)/t10-,13?/m1/s1. The molecule has 0 spiro atoms. The lowest BCUT2D eigenvalue weighted by atomic mass is 9.85. The number of hydrogen-bond donors (Lipinski definition) is 2. The fourth-order valence-electron chi connectivity index (χ4n) is 1.86. The maximum Gasteiger partial charge on any atom is 0.237 e. The van der Waals surface area contributed by atoms with Crippen LogP contribution in [0.2, 0.25) is 5.02 Å². The molecule has 0 saturated heterocycles. The maximum atomic E-state index is 11.8. The molecule has 3 N–H and O–H groups in total. The number of amides is 1. The highest BCUT2D eigenvalue weighted by Crippen LogP contribution is 2.30. The Bertz CT molecular complexity index is 421. The summed E-state index contributed by atoms with van der Waals surface area (Å²) in [7, 11) is 0. The fraction of sp³-hybridized carbons (Fsp3) is 0.533. The molecule has 0 heterocycles. The van der Waals surface area contributed by atoms with Crippen LogP contribution in [0.3, 0.4) is 0 Å². The summed E-state index contributed by atoms with van der Waals surface area (Å²) >= 11 is 5.90. The van der Waals surface area contributed by atoms with Gasteiger partial charge in [0, 0.05) is 5.02 Å². The zero-order valence-electron chi connectivity index (χ0n) is 12.0. The molecule has 0 aliphatic heterocycles. The molecule has 0 fully saturated rings. The van der Waals surface area contributed by atoms with E-state index in [0.717, 1.165) is 12.0 Å². The minimum Gasteiger partial charge on any atom is -0.348 e. The molecular weight excluding hydrogens is 260 g/mol. The van der Waals surface area contributed by atoms with Crippen molar-refractivity contribution >= 4 is 17.5 Å². The second-order valence-electron chi connectivity index (χ2n) is 6.17. The largest absolute Gasteiger partial charge is 0.348 e. The van der Waals surface area contributed by atoms with Gasteiger partial charge in [0.1, 0.15) is 0 Å². The molecule has 0 aliphatic rings. The van der Waals surface area contributed by atoms with Gasteiger partial charge in [-0.1, -0.05) is 44.5 Å². The highest BCUT2D eigenvalue weighted by Gasteiger charge is 2.22. The molecule has 19 heavy (non-hydrogen) atoms. The third-order valence-electron chi connectivity index (χ3n) is 2.82. The van der Waals surface area contributed by atoms with Crippen molar-refractivity contribution in [3.8, 4) is 0 Å². The lowest BCUT2D eigenvalue weighted by molar-refractivity contribution is -0.122.